The zero-order valence-electron chi connectivity index (χ0n) is 18.5. The average molecular weight is 448 g/mol. The summed E-state index contributed by atoms with van der Waals surface area (Å²) in [6.07, 6.45) is 2.04. The van der Waals surface area contributed by atoms with Gasteiger partial charge in [0.25, 0.3) is 5.91 Å². The molecule has 4 atom stereocenters. The second-order valence-electron chi connectivity index (χ2n) is 8.81. The Kier molecular flexibility index (Phi) is 5.09. The summed E-state index contributed by atoms with van der Waals surface area (Å²) in [5.74, 6) is -0.215. The summed E-state index contributed by atoms with van der Waals surface area (Å²) in [5, 5.41) is 9.25. The van der Waals surface area contributed by atoms with E-state index in [0.29, 0.717) is 35.5 Å². The van der Waals surface area contributed by atoms with Crippen LogP contribution in [0.15, 0.2) is 41.4 Å². The van der Waals surface area contributed by atoms with Crippen molar-refractivity contribution in [1.29, 1.82) is 5.26 Å². The highest BCUT2D eigenvalue weighted by atomic mass is 19.1. The van der Waals surface area contributed by atoms with E-state index >= 15 is 0 Å². The number of benzene rings is 2. The first-order valence-electron chi connectivity index (χ1n) is 11.1. The number of hydrogen-bond acceptors (Lipinski definition) is 6. The molecular weight excluding hydrogens is 423 g/mol. The van der Waals surface area contributed by atoms with Crippen LogP contribution in [-0.4, -0.2) is 42.6 Å². The highest BCUT2D eigenvalue weighted by Gasteiger charge is 2.61. The minimum atomic E-state index is -1.23. The fourth-order valence-corrected chi connectivity index (χ4v) is 5.45. The third-order valence-electron chi connectivity index (χ3n) is 6.97. The number of rotatable bonds is 3. The van der Waals surface area contributed by atoms with Crippen LogP contribution in [0.2, 0.25) is 0 Å². The topological polar surface area (TPSA) is 101 Å². The Balaban J connectivity index is 1.68. The molecule has 1 amide bonds. The van der Waals surface area contributed by atoms with Gasteiger partial charge in [0.15, 0.2) is 11.5 Å². The predicted octanol–water partition coefficient (Wildman–Crippen LogP) is 3.31. The largest absolute Gasteiger partial charge is 0.490 e. The Hall–Kier alpha value is -3.44. The number of nitrogens with two attached hydrogens (primary N) is 1. The predicted molar refractivity (Wildman–Crippen MR) is 120 cm³/mol. The number of hydrogen-bond donors (Lipinski definition) is 1. The van der Waals surface area contributed by atoms with Gasteiger partial charge in [0, 0.05) is 25.1 Å². The van der Waals surface area contributed by atoms with Crippen LogP contribution in [0.4, 0.5) is 4.39 Å². The third-order valence-corrected chi connectivity index (χ3v) is 6.97. The van der Waals surface area contributed by atoms with Crippen LogP contribution in [-0.2, 0) is 15.1 Å². The minimum absolute atomic E-state index is 0.0120. The lowest BCUT2D eigenvalue weighted by Crippen LogP contribution is -2.55. The van der Waals surface area contributed by atoms with Gasteiger partial charge in [-0.2, -0.15) is 5.26 Å². The smallest absolute Gasteiger partial charge is 0.262 e. The molecule has 170 valence electrons. The number of aliphatic imine (C=N–C) groups is 1. The summed E-state index contributed by atoms with van der Waals surface area (Å²) in [6, 6.07) is 11.6. The van der Waals surface area contributed by atoms with Gasteiger partial charge in [0.1, 0.15) is 17.7 Å². The Labute approximate surface area is 191 Å². The molecule has 0 radical (unpaired) electrons. The molecule has 2 aromatic rings. The second-order valence-corrected chi connectivity index (χ2v) is 8.81. The van der Waals surface area contributed by atoms with Crippen LogP contribution in [0.3, 0.4) is 0 Å². The first-order chi connectivity index (χ1) is 15.9. The van der Waals surface area contributed by atoms with E-state index in [1.165, 1.54) is 17.0 Å². The van der Waals surface area contributed by atoms with Crippen molar-refractivity contribution in [2.24, 2.45) is 16.6 Å². The van der Waals surface area contributed by atoms with E-state index in [4.69, 9.17) is 20.2 Å². The summed E-state index contributed by atoms with van der Waals surface area (Å²) >= 11 is 0. The van der Waals surface area contributed by atoms with Gasteiger partial charge in [-0.25, -0.2) is 9.38 Å². The lowest BCUT2D eigenvalue weighted by atomic mass is 9.66. The molecular formula is C25H25FN4O3. The monoisotopic (exact) mass is 448 g/mol. The van der Waals surface area contributed by atoms with Crippen molar-refractivity contribution in [2.45, 2.75) is 43.9 Å². The van der Waals surface area contributed by atoms with E-state index in [-0.39, 0.29) is 35.6 Å². The van der Waals surface area contributed by atoms with Gasteiger partial charge in [-0.1, -0.05) is 6.07 Å². The maximum Gasteiger partial charge on any atom is 0.262 e. The quantitative estimate of drug-likeness (QED) is 0.776. The number of amides is 1. The molecule has 1 aliphatic carbocycles. The number of guanidine groups is 1. The van der Waals surface area contributed by atoms with Gasteiger partial charge in [0.05, 0.1) is 17.7 Å². The average Bonchev–Trinajstić information content (AvgIpc) is 3.04. The number of ether oxygens (including phenoxy) is 2. The highest BCUT2D eigenvalue weighted by molar-refractivity contribution is 6.07. The molecule has 33 heavy (non-hydrogen) atoms. The number of halogens is 1. The fraction of sp³-hybridized carbons (Fsp3) is 0.400. The Morgan fingerprint density at radius 3 is 2.82 bits per heavy atom. The number of carbonyl (C=O) groups excluding carboxylic acids is 1. The zero-order valence-corrected chi connectivity index (χ0v) is 18.5. The molecule has 1 unspecified atom stereocenters. The molecule has 2 aromatic carbocycles. The van der Waals surface area contributed by atoms with E-state index in [1.54, 1.807) is 19.2 Å². The Morgan fingerprint density at radius 2 is 2.12 bits per heavy atom. The summed E-state index contributed by atoms with van der Waals surface area (Å²) < 4.78 is 26.4. The lowest BCUT2D eigenvalue weighted by Gasteiger charge is -2.47. The van der Waals surface area contributed by atoms with Gasteiger partial charge in [-0.15, -0.1) is 0 Å². The molecule has 2 aliphatic heterocycles. The van der Waals surface area contributed by atoms with Crippen LogP contribution in [0, 0.1) is 23.1 Å². The maximum absolute atomic E-state index is 14.1. The third kappa shape index (κ3) is 3.26. The molecule has 7 nitrogen and oxygen atoms in total. The molecule has 5 rings (SSSR count). The molecule has 1 saturated carbocycles. The van der Waals surface area contributed by atoms with E-state index < -0.39 is 11.4 Å². The summed E-state index contributed by atoms with van der Waals surface area (Å²) in [7, 11) is 1.62. The zero-order chi connectivity index (χ0) is 23.3. The molecule has 0 aromatic heterocycles. The van der Waals surface area contributed by atoms with Gasteiger partial charge < -0.3 is 15.2 Å². The van der Waals surface area contributed by atoms with E-state index in [1.807, 2.05) is 25.1 Å². The molecule has 0 bridgehead atoms. The van der Waals surface area contributed by atoms with Crippen LogP contribution in [0.25, 0.3) is 11.1 Å². The van der Waals surface area contributed by atoms with Crippen molar-refractivity contribution >= 4 is 11.9 Å². The van der Waals surface area contributed by atoms with E-state index in [0.717, 1.165) is 12.8 Å². The first-order valence-corrected chi connectivity index (χ1v) is 11.1. The molecule has 2 heterocycles. The fourth-order valence-electron chi connectivity index (χ4n) is 5.45. The van der Waals surface area contributed by atoms with Crippen LogP contribution in [0.5, 0.6) is 5.75 Å². The standard InChI is InChI=1S/C25H25FN4O3/c1-3-32-18-5-7-22-20(12-18)25(23(31)30(2)24(28)29-25)19-11-15(4-6-21(19)33-22)16-8-14(13-27)9-17(26)10-16/h4,6,8-11,18,20,22H,3,5,7,12H2,1-2H3,(H2,28,29)/t18-,20-,22?,25-/m0/s1. The summed E-state index contributed by atoms with van der Waals surface area (Å²) in [5.41, 5.74) is 6.96. The molecule has 0 saturated heterocycles. The highest BCUT2D eigenvalue weighted by Crippen LogP contribution is 2.54. The van der Waals surface area contributed by atoms with E-state index in [9.17, 15) is 14.4 Å². The van der Waals surface area contributed by atoms with Crippen LogP contribution >= 0.6 is 0 Å². The Morgan fingerprint density at radius 1 is 1.30 bits per heavy atom. The van der Waals surface area contributed by atoms with Gasteiger partial charge in [-0.3, -0.25) is 9.69 Å². The number of carbonyl (C=O) groups is 1. The van der Waals surface area contributed by atoms with Crippen molar-refractivity contribution < 1.29 is 18.7 Å². The van der Waals surface area contributed by atoms with Crippen molar-refractivity contribution in [1.82, 2.24) is 4.90 Å². The first kappa shape index (κ1) is 21.4. The van der Waals surface area contributed by atoms with Gasteiger partial charge >= 0.3 is 0 Å². The lowest BCUT2D eigenvalue weighted by molar-refractivity contribution is -0.139. The minimum Gasteiger partial charge on any atom is -0.490 e. The van der Waals surface area contributed by atoms with E-state index in [2.05, 4.69) is 0 Å². The van der Waals surface area contributed by atoms with Crippen molar-refractivity contribution in [3.63, 3.8) is 0 Å². The summed E-state index contributed by atoms with van der Waals surface area (Å²) in [4.78, 5) is 19.9. The van der Waals surface area contributed by atoms with Gasteiger partial charge in [0.2, 0.25) is 0 Å². The molecule has 3 aliphatic rings. The van der Waals surface area contributed by atoms with Crippen molar-refractivity contribution in [2.75, 3.05) is 13.7 Å². The number of nitriles is 1. The number of nitrogens with zero attached hydrogens (tertiary/aromatic N) is 3. The van der Waals surface area contributed by atoms with Crippen molar-refractivity contribution in [3.8, 4) is 22.9 Å². The molecule has 8 heteroatoms. The SMILES string of the molecule is CCO[C@H]1CCC2Oc3ccc(-c4cc(F)cc(C#N)c4)cc3[C@]3(N=C(N)N(C)C3=O)[C@H]2C1. The van der Waals surface area contributed by atoms with Gasteiger partial charge in [-0.05, 0) is 67.6 Å². The molecule has 1 fully saturated rings. The number of likely N-dealkylation sites (N-methyl/N-ethyl adjacent to an activating group) is 1. The normalized spacial score (nSPS) is 28.1. The maximum atomic E-state index is 14.1. The molecule has 2 N–H and O–H groups in total. The van der Waals surface area contributed by atoms with Crippen LogP contribution < -0.4 is 10.5 Å². The molecule has 1 spiro atoms. The second kappa shape index (κ2) is 7.85. The van der Waals surface area contributed by atoms with Crippen molar-refractivity contribution in [3.05, 3.63) is 53.3 Å². The summed E-state index contributed by atoms with van der Waals surface area (Å²) in [6.45, 7) is 2.55. The Bertz CT molecular complexity index is 1210. The van der Waals surface area contributed by atoms with Crippen LogP contribution in [0.1, 0.15) is 37.3 Å². The number of fused-ring (bicyclic) bond motifs is 4.